The Labute approximate surface area is 139 Å². The van der Waals surface area contributed by atoms with Gasteiger partial charge in [-0.2, -0.15) is 8.42 Å². The first kappa shape index (κ1) is 18.4. The van der Waals surface area contributed by atoms with Crippen LogP contribution in [-0.4, -0.2) is 53.5 Å². The van der Waals surface area contributed by atoms with Crippen molar-refractivity contribution in [3.05, 3.63) is 35.4 Å². The molecule has 23 heavy (non-hydrogen) atoms. The van der Waals surface area contributed by atoms with Gasteiger partial charge in [0.2, 0.25) is 0 Å². The topological polar surface area (TPSA) is 77.8 Å². The van der Waals surface area contributed by atoms with E-state index in [1.807, 2.05) is 6.92 Å². The van der Waals surface area contributed by atoms with E-state index in [-0.39, 0.29) is 0 Å². The van der Waals surface area contributed by atoms with Crippen LogP contribution in [0.1, 0.15) is 37.3 Å². The molecule has 2 N–H and O–H groups in total. The second-order valence-electron chi connectivity index (χ2n) is 6.84. The summed E-state index contributed by atoms with van der Waals surface area (Å²) in [6.07, 6.45) is 2.43. The summed E-state index contributed by atoms with van der Waals surface area (Å²) in [5, 5.41) is 10.0. The minimum Gasteiger partial charge on any atom is -0.389 e. The monoisotopic (exact) mass is 341 g/mol. The van der Waals surface area contributed by atoms with Gasteiger partial charge in [-0.05, 0) is 45.2 Å². The molecule has 1 unspecified atom stereocenters. The predicted octanol–water partition coefficient (Wildman–Crippen LogP) is 2.03. The molecule has 1 aliphatic rings. The van der Waals surface area contributed by atoms with Gasteiger partial charge in [-0.3, -0.25) is 4.55 Å². The Morgan fingerprint density at radius 2 is 1.78 bits per heavy atom. The van der Waals surface area contributed by atoms with Gasteiger partial charge < -0.3 is 10.0 Å². The van der Waals surface area contributed by atoms with E-state index in [1.165, 1.54) is 12.5 Å². The summed E-state index contributed by atoms with van der Waals surface area (Å²) < 4.78 is 31.1. The van der Waals surface area contributed by atoms with Gasteiger partial charge in [-0.15, -0.1) is 0 Å². The molecule has 0 radical (unpaired) electrons. The molecule has 1 aliphatic heterocycles. The third kappa shape index (κ3) is 5.57. The van der Waals surface area contributed by atoms with Gasteiger partial charge in [-0.1, -0.05) is 29.8 Å². The molecule has 1 heterocycles. The Hall–Kier alpha value is -0.950. The Morgan fingerprint density at radius 3 is 2.30 bits per heavy atom. The van der Waals surface area contributed by atoms with Gasteiger partial charge in [0, 0.05) is 19.5 Å². The van der Waals surface area contributed by atoms with E-state index in [1.54, 1.807) is 0 Å². The highest BCUT2D eigenvalue weighted by atomic mass is 32.2. The number of nitrogens with zero attached hydrogens (tertiary/aromatic N) is 1. The lowest BCUT2D eigenvalue weighted by molar-refractivity contribution is -0.0207. The van der Waals surface area contributed by atoms with E-state index >= 15 is 0 Å². The van der Waals surface area contributed by atoms with E-state index in [0.29, 0.717) is 32.2 Å². The highest BCUT2D eigenvalue weighted by molar-refractivity contribution is 7.86. The lowest BCUT2D eigenvalue weighted by Gasteiger charge is -2.38. The lowest BCUT2D eigenvalue weighted by atomic mass is 9.85. The molecule has 0 amide bonds. The molecule has 0 aliphatic carbocycles. The Kier molecular flexibility index (Phi) is 5.84. The van der Waals surface area contributed by atoms with Crippen molar-refractivity contribution >= 4 is 10.1 Å². The van der Waals surface area contributed by atoms with Crippen molar-refractivity contribution in [2.24, 2.45) is 0 Å². The van der Waals surface area contributed by atoms with E-state index < -0.39 is 21.0 Å². The van der Waals surface area contributed by atoms with Gasteiger partial charge in [0.15, 0.2) is 0 Å². The minimum absolute atomic E-state index is 0.412. The average molecular weight is 341 g/mol. The smallest absolute Gasteiger partial charge is 0.267 e. The van der Waals surface area contributed by atoms with Gasteiger partial charge in [0.25, 0.3) is 10.1 Å². The summed E-state index contributed by atoms with van der Waals surface area (Å²) in [5.74, 6) is 0. The van der Waals surface area contributed by atoms with E-state index in [4.69, 9.17) is 4.55 Å². The van der Waals surface area contributed by atoms with Crippen LogP contribution in [-0.2, 0) is 16.5 Å². The van der Waals surface area contributed by atoms with Crippen molar-refractivity contribution in [2.75, 3.05) is 19.6 Å². The van der Waals surface area contributed by atoms with Crippen molar-refractivity contribution in [1.82, 2.24) is 4.90 Å². The van der Waals surface area contributed by atoms with Crippen molar-refractivity contribution in [3.63, 3.8) is 0 Å². The number of hydrogen-bond donors (Lipinski definition) is 2. The molecule has 1 aromatic rings. The predicted molar refractivity (Wildman–Crippen MR) is 91.1 cm³/mol. The molecular formula is C17H27NO4S. The highest BCUT2D eigenvalue weighted by Gasteiger charge is 2.32. The first-order valence-corrected chi connectivity index (χ1v) is 9.65. The number of likely N-dealkylation sites (tertiary alicyclic amines) is 1. The summed E-state index contributed by atoms with van der Waals surface area (Å²) >= 11 is 0. The summed E-state index contributed by atoms with van der Waals surface area (Å²) in [7, 11) is -3.95. The van der Waals surface area contributed by atoms with Crippen molar-refractivity contribution < 1.29 is 18.1 Å². The zero-order valence-electron chi connectivity index (χ0n) is 13.9. The molecule has 0 spiro atoms. The summed E-state index contributed by atoms with van der Waals surface area (Å²) in [5.41, 5.74) is 1.68. The molecule has 0 bridgehead atoms. The molecule has 1 aromatic carbocycles. The van der Waals surface area contributed by atoms with Crippen molar-refractivity contribution in [2.45, 2.75) is 50.4 Å². The fraction of sp³-hybridized carbons (Fsp3) is 0.647. The van der Waals surface area contributed by atoms with Crippen LogP contribution in [0.3, 0.4) is 0 Å². The molecule has 0 saturated carbocycles. The average Bonchev–Trinajstić information content (AvgIpc) is 2.48. The third-order valence-electron chi connectivity index (χ3n) is 4.80. The number of benzene rings is 1. The van der Waals surface area contributed by atoms with E-state index in [2.05, 4.69) is 29.2 Å². The molecular weight excluding hydrogens is 314 g/mol. The SMILES string of the molecule is Cc1ccc(CC2(O)CCN(CCC(C)S(=O)(=O)O)CC2)cc1. The maximum absolute atomic E-state index is 11.0. The van der Waals surface area contributed by atoms with Crippen molar-refractivity contribution in [3.8, 4) is 0 Å². The first-order chi connectivity index (χ1) is 10.7. The molecule has 1 atom stereocenters. The van der Waals surface area contributed by atoms with Crippen LogP contribution in [0.4, 0.5) is 0 Å². The van der Waals surface area contributed by atoms with E-state index in [9.17, 15) is 13.5 Å². The molecule has 0 aromatic heterocycles. The summed E-state index contributed by atoms with van der Waals surface area (Å²) in [4.78, 5) is 2.16. The minimum atomic E-state index is -3.95. The fourth-order valence-electron chi connectivity index (χ4n) is 2.97. The fourth-order valence-corrected chi connectivity index (χ4v) is 3.37. The Bertz CT molecular complexity index is 604. The quantitative estimate of drug-likeness (QED) is 0.774. The normalized spacial score (nSPS) is 20.3. The summed E-state index contributed by atoms with van der Waals surface area (Å²) in [6.45, 7) is 5.69. The molecule has 1 fully saturated rings. The molecule has 130 valence electrons. The molecule has 1 saturated heterocycles. The van der Waals surface area contributed by atoms with Gasteiger partial charge >= 0.3 is 0 Å². The van der Waals surface area contributed by atoms with Crippen LogP contribution in [0.15, 0.2) is 24.3 Å². The lowest BCUT2D eigenvalue weighted by Crippen LogP contribution is -2.46. The van der Waals surface area contributed by atoms with Gasteiger partial charge in [0.1, 0.15) is 0 Å². The highest BCUT2D eigenvalue weighted by Crippen LogP contribution is 2.26. The third-order valence-corrected chi connectivity index (χ3v) is 6.05. The van der Waals surface area contributed by atoms with Crippen LogP contribution < -0.4 is 0 Å². The number of hydrogen-bond acceptors (Lipinski definition) is 4. The maximum Gasteiger partial charge on any atom is 0.267 e. The van der Waals surface area contributed by atoms with Crippen LogP contribution in [0.25, 0.3) is 0 Å². The van der Waals surface area contributed by atoms with Crippen molar-refractivity contribution in [1.29, 1.82) is 0 Å². The summed E-state index contributed by atoms with van der Waals surface area (Å²) in [6, 6.07) is 8.25. The van der Waals surface area contributed by atoms with Crippen LogP contribution in [0, 0.1) is 6.92 Å². The number of piperidine rings is 1. The van der Waals surface area contributed by atoms with Gasteiger partial charge in [-0.25, -0.2) is 0 Å². The zero-order valence-corrected chi connectivity index (χ0v) is 14.7. The first-order valence-electron chi connectivity index (χ1n) is 8.15. The van der Waals surface area contributed by atoms with Crippen LogP contribution in [0.5, 0.6) is 0 Å². The maximum atomic E-state index is 11.0. The Morgan fingerprint density at radius 1 is 1.22 bits per heavy atom. The molecule has 6 heteroatoms. The second kappa shape index (κ2) is 7.30. The Balaban J connectivity index is 1.81. The van der Waals surface area contributed by atoms with Gasteiger partial charge in [0.05, 0.1) is 10.9 Å². The largest absolute Gasteiger partial charge is 0.389 e. The second-order valence-corrected chi connectivity index (χ2v) is 8.68. The van der Waals surface area contributed by atoms with Crippen LogP contribution in [0.2, 0.25) is 0 Å². The zero-order chi connectivity index (χ0) is 17.1. The molecule has 2 rings (SSSR count). The molecule has 5 nitrogen and oxygen atoms in total. The number of aryl methyl sites for hydroxylation is 1. The number of aliphatic hydroxyl groups is 1. The number of rotatable bonds is 6. The van der Waals surface area contributed by atoms with Crippen LogP contribution >= 0.6 is 0 Å². The standard InChI is InChI=1S/C17H27NO4S/c1-14-3-5-16(6-4-14)13-17(19)8-11-18(12-9-17)10-7-15(2)23(20,21)22/h3-6,15,19H,7-13H2,1-2H3,(H,20,21,22). The van der Waals surface area contributed by atoms with E-state index in [0.717, 1.165) is 18.7 Å².